The summed E-state index contributed by atoms with van der Waals surface area (Å²) in [4.78, 5) is 15.0. The Morgan fingerprint density at radius 3 is 2.82 bits per heavy atom. The summed E-state index contributed by atoms with van der Waals surface area (Å²) >= 11 is 0. The largest absolute Gasteiger partial charge is 0.367 e. The van der Waals surface area contributed by atoms with Gasteiger partial charge in [-0.15, -0.1) is 0 Å². The molecule has 0 saturated heterocycles. The van der Waals surface area contributed by atoms with Gasteiger partial charge in [0.05, 0.1) is 0 Å². The molecule has 1 heterocycles. The van der Waals surface area contributed by atoms with Crippen molar-refractivity contribution in [3.63, 3.8) is 0 Å². The Morgan fingerprint density at radius 2 is 2.12 bits per heavy atom. The maximum Gasteiger partial charge on any atom is 0.251 e. The monoisotopic (exact) mass is 228 g/mol. The number of hydrogen-bond acceptors (Lipinski definition) is 1. The van der Waals surface area contributed by atoms with E-state index < -0.39 is 0 Å². The lowest BCUT2D eigenvalue weighted by molar-refractivity contribution is 0.0950. The Hall–Kier alpha value is -2.03. The number of carbonyl (C=O) groups excluding carboxylic acids is 1. The van der Waals surface area contributed by atoms with Gasteiger partial charge in [0.15, 0.2) is 0 Å². The van der Waals surface area contributed by atoms with Crippen molar-refractivity contribution in [1.29, 1.82) is 0 Å². The molecular weight excluding hydrogens is 212 g/mol. The lowest BCUT2D eigenvalue weighted by Crippen LogP contribution is -2.23. The summed E-state index contributed by atoms with van der Waals surface area (Å²) in [6.45, 7) is 4.49. The molecule has 0 spiro atoms. The third-order valence-electron chi connectivity index (χ3n) is 2.75. The summed E-state index contributed by atoms with van der Waals surface area (Å²) < 4.78 is 0. The molecule has 0 fully saturated rings. The minimum absolute atomic E-state index is 0.0209. The molecule has 88 valence electrons. The van der Waals surface area contributed by atoms with Crippen molar-refractivity contribution in [3.8, 4) is 0 Å². The quantitative estimate of drug-likeness (QED) is 0.833. The molecule has 2 N–H and O–H groups in total. The molecule has 1 aromatic heterocycles. The van der Waals surface area contributed by atoms with Gasteiger partial charge in [-0.1, -0.05) is 17.7 Å². The highest BCUT2D eigenvalue weighted by Gasteiger charge is 2.08. The highest BCUT2D eigenvalue weighted by molar-refractivity contribution is 5.95. The van der Waals surface area contributed by atoms with Gasteiger partial charge in [0.2, 0.25) is 0 Å². The standard InChI is InChI=1S/C14H16N2O/c1-10-3-4-11(2)13(7-10)14(17)16-9-12-5-6-15-8-12/h3-8,15H,9H2,1-2H3,(H,16,17). The number of carbonyl (C=O) groups is 1. The van der Waals surface area contributed by atoms with Gasteiger partial charge in [-0.05, 0) is 37.1 Å². The van der Waals surface area contributed by atoms with Crippen LogP contribution in [0.1, 0.15) is 27.0 Å². The van der Waals surface area contributed by atoms with Crippen LogP contribution in [-0.4, -0.2) is 10.9 Å². The third kappa shape index (κ3) is 2.75. The molecule has 0 aliphatic rings. The fraction of sp³-hybridized carbons (Fsp3) is 0.214. The Labute approximate surface area is 101 Å². The Kier molecular flexibility index (Phi) is 3.28. The van der Waals surface area contributed by atoms with Crippen LogP contribution in [0.2, 0.25) is 0 Å². The number of hydrogen-bond donors (Lipinski definition) is 2. The second-order valence-corrected chi connectivity index (χ2v) is 4.22. The Morgan fingerprint density at radius 1 is 1.29 bits per heavy atom. The van der Waals surface area contributed by atoms with Crippen LogP contribution in [0.15, 0.2) is 36.7 Å². The van der Waals surface area contributed by atoms with Crippen LogP contribution in [0.25, 0.3) is 0 Å². The number of aromatic nitrogens is 1. The average Bonchev–Trinajstić information content (AvgIpc) is 2.82. The van der Waals surface area contributed by atoms with E-state index in [0.717, 1.165) is 22.3 Å². The zero-order chi connectivity index (χ0) is 12.3. The summed E-state index contributed by atoms with van der Waals surface area (Å²) in [5.41, 5.74) is 3.92. The smallest absolute Gasteiger partial charge is 0.251 e. The maximum absolute atomic E-state index is 12.0. The van der Waals surface area contributed by atoms with E-state index in [1.54, 1.807) is 0 Å². The van der Waals surface area contributed by atoms with E-state index in [4.69, 9.17) is 0 Å². The zero-order valence-corrected chi connectivity index (χ0v) is 10.1. The predicted octanol–water partition coefficient (Wildman–Crippen LogP) is 2.56. The molecule has 0 aliphatic heterocycles. The van der Waals surface area contributed by atoms with Crippen LogP contribution < -0.4 is 5.32 Å². The molecular formula is C14H16N2O. The van der Waals surface area contributed by atoms with Gasteiger partial charge in [0.25, 0.3) is 5.91 Å². The number of nitrogens with one attached hydrogen (secondary N) is 2. The third-order valence-corrected chi connectivity index (χ3v) is 2.75. The van der Waals surface area contributed by atoms with Crippen LogP contribution in [0.5, 0.6) is 0 Å². The summed E-state index contributed by atoms with van der Waals surface area (Å²) in [5, 5.41) is 2.91. The molecule has 3 nitrogen and oxygen atoms in total. The molecule has 0 radical (unpaired) electrons. The van der Waals surface area contributed by atoms with E-state index in [-0.39, 0.29) is 5.91 Å². The fourth-order valence-corrected chi connectivity index (χ4v) is 1.73. The fourth-order valence-electron chi connectivity index (χ4n) is 1.73. The van der Waals surface area contributed by atoms with Crippen LogP contribution in [0.3, 0.4) is 0 Å². The molecule has 2 rings (SSSR count). The molecule has 17 heavy (non-hydrogen) atoms. The summed E-state index contributed by atoms with van der Waals surface area (Å²) in [7, 11) is 0. The van der Waals surface area contributed by atoms with E-state index >= 15 is 0 Å². The number of aryl methyl sites for hydroxylation is 2. The second-order valence-electron chi connectivity index (χ2n) is 4.22. The molecule has 1 aromatic carbocycles. The van der Waals surface area contributed by atoms with Crippen molar-refractivity contribution in [2.45, 2.75) is 20.4 Å². The number of benzene rings is 1. The first-order valence-corrected chi connectivity index (χ1v) is 5.64. The summed E-state index contributed by atoms with van der Waals surface area (Å²) in [6, 6.07) is 7.85. The SMILES string of the molecule is Cc1ccc(C)c(C(=O)NCc2cc[nH]c2)c1. The number of H-pyrrole nitrogens is 1. The molecule has 3 heteroatoms. The van der Waals surface area contributed by atoms with Gasteiger partial charge in [0, 0.05) is 24.5 Å². The topological polar surface area (TPSA) is 44.9 Å². The minimum Gasteiger partial charge on any atom is -0.367 e. The van der Waals surface area contributed by atoms with Gasteiger partial charge in [0.1, 0.15) is 0 Å². The van der Waals surface area contributed by atoms with Crippen molar-refractivity contribution in [1.82, 2.24) is 10.3 Å². The molecule has 0 bridgehead atoms. The van der Waals surface area contributed by atoms with E-state index in [9.17, 15) is 4.79 Å². The lowest BCUT2D eigenvalue weighted by atomic mass is 10.1. The number of aromatic amines is 1. The highest BCUT2D eigenvalue weighted by atomic mass is 16.1. The molecule has 0 unspecified atom stereocenters. The molecule has 2 aromatic rings. The number of amides is 1. The van der Waals surface area contributed by atoms with Crippen LogP contribution in [0, 0.1) is 13.8 Å². The first-order chi connectivity index (χ1) is 8.16. The zero-order valence-electron chi connectivity index (χ0n) is 10.1. The van der Waals surface area contributed by atoms with Crippen molar-refractivity contribution in [2.24, 2.45) is 0 Å². The first-order valence-electron chi connectivity index (χ1n) is 5.64. The molecule has 0 aliphatic carbocycles. The molecule has 0 saturated carbocycles. The van der Waals surface area contributed by atoms with Crippen molar-refractivity contribution >= 4 is 5.91 Å². The molecule has 1 amide bonds. The summed E-state index contributed by atoms with van der Waals surface area (Å²) in [5.74, 6) is -0.0209. The van der Waals surface area contributed by atoms with E-state index in [1.807, 2.05) is 50.5 Å². The number of rotatable bonds is 3. The highest BCUT2D eigenvalue weighted by Crippen LogP contribution is 2.10. The van der Waals surface area contributed by atoms with E-state index in [1.165, 1.54) is 0 Å². The van der Waals surface area contributed by atoms with E-state index in [0.29, 0.717) is 6.54 Å². The molecule has 0 atom stereocenters. The van der Waals surface area contributed by atoms with Gasteiger partial charge < -0.3 is 10.3 Å². The summed E-state index contributed by atoms with van der Waals surface area (Å²) in [6.07, 6.45) is 3.72. The van der Waals surface area contributed by atoms with Gasteiger partial charge >= 0.3 is 0 Å². The van der Waals surface area contributed by atoms with Crippen LogP contribution in [-0.2, 0) is 6.54 Å². The first kappa shape index (κ1) is 11.5. The minimum atomic E-state index is -0.0209. The van der Waals surface area contributed by atoms with Crippen LogP contribution in [0.4, 0.5) is 0 Å². The van der Waals surface area contributed by atoms with E-state index in [2.05, 4.69) is 10.3 Å². The lowest BCUT2D eigenvalue weighted by Gasteiger charge is -2.07. The van der Waals surface area contributed by atoms with Gasteiger partial charge in [-0.25, -0.2) is 0 Å². The Balaban J connectivity index is 2.07. The average molecular weight is 228 g/mol. The maximum atomic E-state index is 12.0. The Bertz CT molecular complexity index is 515. The van der Waals surface area contributed by atoms with Crippen molar-refractivity contribution in [2.75, 3.05) is 0 Å². The van der Waals surface area contributed by atoms with Crippen LogP contribution >= 0.6 is 0 Å². The van der Waals surface area contributed by atoms with Gasteiger partial charge in [-0.2, -0.15) is 0 Å². The predicted molar refractivity (Wildman–Crippen MR) is 67.9 cm³/mol. The second kappa shape index (κ2) is 4.87. The van der Waals surface area contributed by atoms with Crippen molar-refractivity contribution in [3.05, 3.63) is 58.9 Å². The van der Waals surface area contributed by atoms with Gasteiger partial charge in [-0.3, -0.25) is 4.79 Å². The van der Waals surface area contributed by atoms with Crippen molar-refractivity contribution < 1.29 is 4.79 Å². The normalized spacial score (nSPS) is 10.2.